The van der Waals surface area contributed by atoms with Crippen LogP contribution in [0.5, 0.6) is 5.75 Å². The molecule has 3 aromatic rings. The van der Waals surface area contributed by atoms with Crippen LogP contribution >= 0.6 is 23.2 Å². The molecule has 2 saturated heterocycles. The number of rotatable bonds is 11. The molecule has 12 heteroatoms. The molecule has 2 unspecified atom stereocenters. The fraction of sp³-hybridized carbons (Fsp3) is 0.448. The predicted molar refractivity (Wildman–Crippen MR) is 157 cm³/mol. The number of imidazole rings is 1. The van der Waals surface area contributed by atoms with E-state index in [1.54, 1.807) is 24.7 Å². The van der Waals surface area contributed by atoms with Crippen molar-refractivity contribution in [2.75, 3.05) is 63.9 Å². The SMILES string of the molecule is CCN(CCN1CCN(c2ccc(OCC3COC(Cn4ccnc4)(c4ccc(Cl)cc4Cl)O3)cc2)CC1)C(=O)O. The Morgan fingerprint density at radius 1 is 1.17 bits per heavy atom. The second kappa shape index (κ2) is 13.3. The highest BCUT2D eigenvalue weighted by Gasteiger charge is 2.45. The van der Waals surface area contributed by atoms with Crippen molar-refractivity contribution in [3.05, 3.63) is 76.8 Å². The fourth-order valence-corrected chi connectivity index (χ4v) is 5.75. The van der Waals surface area contributed by atoms with Crippen LogP contribution in [0.15, 0.2) is 61.2 Å². The van der Waals surface area contributed by atoms with Gasteiger partial charge in [0.25, 0.3) is 0 Å². The Morgan fingerprint density at radius 3 is 2.61 bits per heavy atom. The standard InChI is InChI=1S/C29H35Cl2N5O5/c1-2-35(28(37)38)14-11-33-12-15-36(16-13-33)23-4-6-24(7-5-23)39-18-25-19-40-29(41-25,20-34-10-9-32-21-34)26-8-3-22(30)17-27(26)31/h3-10,17,21,25H,2,11-16,18-20H2,1H3,(H,37,38). The molecule has 1 amide bonds. The number of hydrogen-bond acceptors (Lipinski definition) is 7. The number of halogens is 2. The molecule has 1 aromatic heterocycles. The average Bonchev–Trinajstić information content (AvgIpc) is 3.63. The summed E-state index contributed by atoms with van der Waals surface area (Å²) in [4.78, 5) is 21.4. The summed E-state index contributed by atoms with van der Waals surface area (Å²) in [6.07, 6.45) is 4.10. The fourth-order valence-electron chi connectivity index (χ4n) is 5.20. The number of amides is 1. The number of anilines is 1. The normalized spacial score (nSPS) is 21.2. The molecule has 2 fully saturated rings. The van der Waals surface area contributed by atoms with Gasteiger partial charge in [0.05, 0.1) is 24.5 Å². The molecule has 220 valence electrons. The summed E-state index contributed by atoms with van der Waals surface area (Å²) in [5.41, 5.74) is 1.84. The third-order valence-electron chi connectivity index (χ3n) is 7.50. The van der Waals surface area contributed by atoms with Gasteiger partial charge in [0, 0.05) is 74.5 Å². The molecule has 10 nitrogen and oxygen atoms in total. The Hall–Kier alpha value is -3.02. The molecule has 1 N–H and O–H groups in total. The minimum Gasteiger partial charge on any atom is -0.491 e. The summed E-state index contributed by atoms with van der Waals surface area (Å²) in [7, 11) is 0. The Labute approximate surface area is 249 Å². The molecule has 0 spiro atoms. The third kappa shape index (κ3) is 7.25. The molecule has 2 atom stereocenters. The van der Waals surface area contributed by atoms with Gasteiger partial charge in [-0.15, -0.1) is 0 Å². The van der Waals surface area contributed by atoms with E-state index in [-0.39, 0.29) is 6.10 Å². The first-order valence-corrected chi connectivity index (χ1v) is 14.5. The highest BCUT2D eigenvalue weighted by Crippen LogP contribution is 2.40. The molecule has 0 aliphatic carbocycles. The minimum atomic E-state index is -1.09. The topological polar surface area (TPSA) is 92.5 Å². The van der Waals surface area contributed by atoms with Gasteiger partial charge in [-0.25, -0.2) is 9.78 Å². The maximum Gasteiger partial charge on any atom is 0.407 e. The van der Waals surface area contributed by atoms with E-state index in [0.29, 0.717) is 48.5 Å². The molecule has 0 saturated carbocycles. The zero-order chi connectivity index (χ0) is 28.8. The first-order chi connectivity index (χ1) is 19.8. The smallest absolute Gasteiger partial charge is 0.407 e. The number of piperazine rings is 1. The van der Waals surface area contributed by atoms with Crippen molar-refractivity contribution in [3.8, 4) is 5.75 Å². The van der Waals surface area contributed by atoms with E-state index in [0.717, 1.165) is 44.2 Å². The van der Waals surface area contributed by atoms with Gasteiger partial charge in [-0.05, 0) is 43.3 Å². The molecular weight excluding hydrogens is 569 g/mol. The minimum absolute atomic E-state index is 0.303. The summed E-state index contributed by atoms with van der Waals surface area (Å²) in [5.74, 6) is -0.342. The van der Waals surface area contributed by atoms with Crippen LogP contribution < -0.4 is 9.64 Å². The van der Waals surface area contributed by atoms with Crippen LogP contribution in [-0.2, 0) is 21.8 Å². The maximum absolute atomic E-state index is 11.2. The highest BCUT2D eigenvalue weighted by atomic mass is 35.5. The van der Waals surface area contributed by atoms with Crippen molar-refractivity contribution in [3.63, 3.8) is 0 Å². The van der Waals surface area contributed by atoms with Gasteiger partial charge in [0.15, 0.2) is 0 Å². The summed E-state index contributed by atoms with van der Waals surface area (Å²) >= 11 is 12.7. The van der Waals surface area contributed by atoms with E-state index in [9.17, 15) is 9.90 Å². The first kappa shape index (κ1) is 29.5. The Kier molecular flexibility index (Phi) is 9.57. The number of aromatic nitrogens is 2. The van der Waals surface area contributed by atoms with Gasteiger partial charge < -0.3 is 33.7 Å². The molecule has 5 rings (SSSR count). The van der Waals surface area contributed by atoms with Crippen molar-refractivity contribution >= 4 is 35.0 Å². The summed E-state index contributed by atoms with van der Waals surface area (Å²) in [6, 6.07) is 13.4. The van der Waals surface area contributed by atoms with Crippen LogP contribution in [0.4, 0.5) is 10.5 Å². The lowest BCUT2D eigenvalue weighted by Gasteiger charge is -2.36. The number of hydrogen-bond donors (Lipinski definition) is 1. The lowest BCUT2D eigenvalue weighted by atomic mass is 10.1. The average molecular weight is 605 g/mol. The zero-order valence-electron chi connectivity index (χ0n) is 23.0. The molecule has 2 aliphatic rings. The molecule has 2 aliphatic heterocycles. The predicted octanol–water partition coefficient (Wildman–Crippen LogP) is 4.66. The van der Waals surface area contributed by atoms with Crippen LogP contribution in [0.2, 0.25) is 10.0 Å². The van der Waals surface area contributed by atoms with Gasteiger partial charge in [-0.1, -0.05) is 29.3 Å². The summed E-state index contributed by atoms with van der Waals surface area (Å²) in [6.45, 7) is 8.26. The van der Waals surface area contributed by atoms with Crippen LogP contribution in [0.3, 0.4) is 0 Å². The molecule has 0 bridgehead atoms. The number of ether oxygens (including phenoxy) is 3. The van der Waals surface area contributed by atoms with E-state index in [1.807, 2.05) is 35.9 Å². The van der Waals surface area contributed by atoms with E-state index in [1.165, 1.54) is 4.90 Å². The monoisotopic (exact) mass is 603 g/mol. The quantitative estimate of drug-likeness (QED) is 0.338. The molecule has 0 radical (unpaired) electrons. The zero-order valence-corrected chi connectivity index (χ0v) is 24.5. The second-order valence-corrected chi connectivity index (χ2v) is 11.0. The Bertz CT molecular complexity index is 1290. The molecular formula is C29H35Cl2N5O5. The van der Waals surface area contributed by atoms with E-state index < -0.39 is 11.9 Å². The Morgan fingerprint density at radius 2 is 1.95 bits per heavy atom. The van der Waals surface area contributed by atoms with Gasteiger partial charge in [-0.3, -0.25) is 4.90 Å². The number of benzene rings is 2. The van der Waals surface area contributed by atoms with E-state index in [4.69, 9.17) is 37.4 Å². The van der Waals surface area contributed by atoms with Crippen molar-refractivity contribution in [2.45, 2.75) is 25.4 Å². The van der Waals surface area contributed by atoms with Crippen LogP contribution in [0.1, 0.15) is 12.5 Å². The van der Waals surface area contributed by atoms with Gasteiger partial charge in [0.1, 0.15) is 18.5 Å². The highest BCUT2D eigenvalue weighted by molar-refractivity contribution is 6.35. The van der Waals surface area contributed by atoms with Gasteiger partial charge in [0.2, 0.25) is 5.79 Å². The first-order valence-electron chi connectivity index (χ1n) is 13.8. The molecule has 3 heterocycles. The number of nitrogens with zero attached hydrogens (tertiary/aromatic N) is 5. The number of likely N-dealkylation sites (N-methyl/N-ethyl adjacent to an activating group) is 1. The van der Waals surface area contributed by atoms with Crippen LogP contribution in [0.25, 0.3) is 0 Å². The van der Waals surface area contributed by atoms with Gasteiger partial charge in [-0.2, -0.15) is 0 Å². The lowest BCUT2D eigenvalue weighted by molar-refractivity contribution is -0.189. The van der Waals surface area contributed by atoms with E-state index >= 15 is 0 Å². The third-order valence-corrected chi connectivity index (χ3v) is 8.05. The maximum atomic E-state index is 11.2. The van der Waals surface area contributed by atoms with Crippen molar-refractivity contribution < 1.29 is 24.1 Å². The second-order valence-electron chi connectivity index (χ2n) is 10.2. The largest absolute Gasteiger partial charge is 0.491 e. The summed E-state index contributed by atoms with van der Waals surface area (Å²) in [5, 5.41) is 10.2. The van der Waals surface area contributed by atoms with Crippen molar-refractivity contribution in [1.82, 2.24) is 19.4 Å². The number of carboxylic acid groups (broad SMARTS) is 1. The number of carbonyl (C=O) groups is 1. The lowest BCUT2D eigenvalue weighted by Crippen LogP contribution is -2.49. The van der Waals surface area contributed by atoms with Crippen LogP contribution in [-0.4, -0.2) is 95.7 Å². The van der Waals surface area contributed by atoms with Crippen LogP contribution in [0, 0.1) is 0 Å². The van der Waals surface area contributed by atoms with Crippen molar-refractivity contribution in [2.24, 2.45) is 0 Å². The van der Waals surface area contributed by atoms with E-state index in [2.05, 4.69) is 26.9 Å². The van der Waals surface area contributed by atoms with Crippen molar-refractivity contribution in [1.29, 1.82) is 0 Å². The molecule has 41 heavy (non-hydrogen) atoms. The Balaban J connectivity index is 1.14. The van der Waals surface area contributed by atoms with Gasteiger partial charge >= 0.3 is 6.09 Å². The summed E-state index contributed by atoms with van der Waals surface area (Å²) < 4.78 is 20.7. The molecule has 2 aromatic carbocycles.